The summed E-state index contributed by atoms with van der Waals surface area (Å²) < 4.78 is 6.48. The SMILES string of the molecule is CCCCCC(C)NC(=O)Cn1c(=O)oc2ccccc21. The summed E-state index contributed by atoms with van der Waals surface area (Å²) in [6.07, 6.45) is 4.40. The number of nitrogens with one attached hydrogen (secondary N) is 1. The number of nitrogens with zero attached hydrogens (tertiary/aromatic N) is 1. The van der Waals surface area contributed by atoms with E-state index in [1.807, 2.05) is 13.0 Å². The van der Waals surface area contributed by atoms with E-state index in [0.717, 1.165) is 19.3 Å². The summed E-state index contributed by atoms with van der Waals surface area (Å²) >= 11 is 0. The van der Waals surface area contributed by atoms with Gasteiger partial charge < -0.3 is 9.73 Å². The first-order valence-corrected chi connectivity index (χ1v) is 7.49. The highest BCUT2D eigenvalue weighted by molar-refractivity contribution is 5.79. The highest BCUT2D eigenvalue weighted by Gasteiger charge is 2.13. The van der Waals surface area contributed by atoms with Gasteiger partial charge >= 0.3 is 5.76 Å². The molecule has 1 atom stereocenters. The molecule has 2 rings (SSSR count). The molecule has 1 aromatic carbocycles. The van der Waals surface area contributed by atoms with E-state index in [0.29, 0.717) is 11.1 Å². The summed E-state index contributed by atoms with van der Waals surface area (Å²) in [6, 6.07) is 7.24. The molecule has 1 aromatic heterocycles. The van der Waals surface area contributed by atoms with Crippen LogP contribution in [0.25, 0.3) is 11.1 Å². The summed E-state index contributed by atoms with van der Waals surface area (Å²) in [5.41, 5.74) is 1.16. The van der Waals surface area contributed by atoms with Gasteiger partial charge in [0.05, 0.1) is 5.52 Å². The smallest absolute Gasteiger partial charge is 0.408 e. The zero-order valence-electron chi connectivity index (χ0n) is 12.6. The number of benzene rings is 1. The Hall–Kier alpha value is -2.04. The van der Waals surface area contributed by atoms with Crippen molar-refractivity contribution >= 4 is 17.0 Å². The van der Waals surface area contributed by atoms with Gasteiger partial charge in [0.25, 0.3) is 0 Å². The molecule has 5 nitrogen and oxygen atoms in total. The first kappa shape index (κ1) is 15.4. The van der Waals surface area contributed by atoms with Gasteiger partial charge in [0.15, 0.2) is 5.58 Å². The van der Waals surface area contributed by atoms with Crippen molar-refractivity contribution in [3.8, 4) is 0 Å². The number of aromatic nitrogens is 1. The van der Waals surface area contributed by atoms with Crippen LogP contribution < -0.4 is 11.1 Å². The summed E-state index contributed by atoms with van der Waals surface area (Å²) in [6.45, 7) is 4.14. The van der Waals surface area contributed by atoms with Crippen molar-refractivity contribution in [2.75, 3.05) is 0 Å². The molecular weight excluding hydrogens is 268 g/mol. The molecule has 0 saturated carbocycles. The second-order valence-electron chi connectivity index (χ2n) is 5.39. The predicted octanol–water partition coefficient (Wildman–Crippen LogP) is 2.68. The highest BCUT2D eigenvalue weighted by Crippen LogP contribution is 2.11. The van der Waals surface area contributed by atoms with Crippen LogP contribution in [-0.4, -0.2) is 16.5 Å². The second kappa shape index (κ2) is 7.11. The summed E-state index contributed by atoms with van der Waals surface area (Å²) in [5.74, 6) is -0.655. The number of para-hydroxylation sites is 2. The van der Waals surface area contributed by atoms with Gasteiger partial charge in [-0.05, 0) is 25.5 Å². The quantitative estimate of drug-likeness (QED) is 0.797. The Morgan fingerprint density at radius 2 is 2.10 bits per heavy atom. The minimum absolute atomic E-state index is 0.00599. The van der Waals surface area contributed by atoms with Crippen LogP contribution in [0.1, 0.15) is 39.5 Å². The Bertz CT molecular complexity index is 657. The summed E-state index contributed by atoms with van der Waals surface area (Å²) in [7, 11) is 0. The number of hydrogen-bond acceptors (Lipinski definition) is 3. The van der Waals surface area contributed by atoms with Gasteiger partial charge in [-0.25, -0.2) is 4.79 Å². The Morgan fingerprint density at radius 1 is 1.33 bits per heavy atom. The molecule has 1 N–H and O–H groups in total. The minimum atomic E-state index is -0.495. The molecule has 0 aliphatic carbocycles. The van der Waals surface area contributed by atoms with Gasteiger partial charge in [-0.2, -0.15) is 0 Å². The monoisotopic (exact) mass is 290 g/mol. The third-order valence-corrected chi connectivity index (χ3v) is 3.52. The van der Waals surface area contributed by atoms with Crippen molar-refractivity contribution in [3.63, 3.8) is 0 Å². The first-order chi connectivity index (χ1) is 10.1. The highest BCUT2D eigenvalue weighted by atomic mass is 16.4. The zero-order chi connectivity index (χ0) is 15.2. The summed E-state index contributed by atoms with van der Waals surface area (Å²) in [5, 5.41) is 2.93. The van der Waals surface area contributed by atoms with Crippen molar-refractivity contribution in [2.24, 2.45) is 0 Å². The molecule has 1 heterocycles. The number of fused-ring (bicyclic) bond motifs is 1. The molecule has 0 bridgehead atoms. The molecule has 0 radical (unpaired) electrons. The number of carbonyl (C=O) groups is 1. The Balaban J connectivity index is 1.98. The normalized spacial score (nSPS) is 12.5. The standard InChI is InChI=1S/C16H22N2O3/c1-3-4-5-8-12(2)17-15(19)11-18-13-9-6-7-10-14(13)21-16(18)20/h6-7,9-10,12H,3-5,8,11H2,1-2H3,(H,17,19). The predicted molar refractivity (Wildman–Crippen MR) is 82.2 cm³/mol. The fourth-order valence-corrected chi connectivity index (χ4v) is 2.40. The van der Waals surface area contributed by atoms with Gasteiger partial charge in [-0.15, -0.1) is 0 Å². The summed E-state index contributed by atoms with van der Waals surface area (Å²) in [4.78, 5) is 23.8. The van der Waals surface area contributed by atoms with Crippen LogP contribution >= 0.6 is 0 Å². The Labute approximate surface area is 123 Å². The molecule has 0 spiro atoms. The topological polar surface area (TPSA) is 64.2 Å². The second-order valence-corrected chi connectivity index (χ2v) is 5.39. The average Bonchev–Trinajstić information content (AvgIpc) is 2.75. The minimum Gasteiger partial charge on any atom is -0.408 e. The average molecular weight is 290 g/mol. The maximum atomic E-state index is 12.0. The van der Waals surface area contributed by atoms with E-state index in [4.69, 9.17) is 4.42 Å². The van der Waals surface area contributed by atoms with Crippen molar-refractivity contribution in [3.05, 3.63) is 34.8 Å². The largest absolute Gasteiger partial charge is 0.420 e. The van der Waals surface area contributed by atoms with Gasteiger partial charge in [0.2, 0.25) is 5.91 Å². The Kier molecular flexibility index (Phi) is 5.20. The third kappa shape index (κ3) is 3.97. The molecule has 1 amide bonds. The fourth-order valence-electron chi connectivity index (χ4n) is 2.40. The number of carbonyl (C=O) groups excluding carboxylic acids is 1. The lowest BCUT2D eigenvalue weighted by Crippen LogP contribution is -2.36. The fraction of sp³-hybridized carbons (Fsp3) is 0.500. The Morgan fingerprint density at radius 3 is 2.86 bits per heavy atom. The number of amides is 1. The third-order valence-electron chi connectivity index (χ3n) is 3.52. The van der Waals surface area contributed by atoms with E-state index < -0.39 is 5.76 Å². The molecule has 0 aliphatic rings. The van der Waals surface area contributed by atoms with Crippen LogP contribution in [0, 0.1) is 0 Å². The van der Waals surface area contributed by atoms with Gasteiger partial charge in [-0.3, -0.25) is 9.36 Å². The molecule has 0 aliphatic heterocycles. The molecule has 2 aromatic rings. The van der Waals surface area contributed by atoms with Crippen LogP contribution in [0.5, 0.6) is 0 Å². The lowest BCUT2D eigenvalue weighted by Gasteiger charge is -2.13. The van der Waals surface area contributed by atoms with E-state index in [-0.39, 0.29) is 18.5 Å². The molecule has 1 unspecified atom stereocenters. The van der Waals surface area contributed by atoms with Crippen molar-refractivity contribution in [1.29, 1.82) is 0 Å². The molecule has 0 fully saturated rings. The number of hydrogen-bond donors (Lipinski definition) is 1. The van der Waals surface area contributed by atoms with Crippen LogP contribution in [0.2, 0.25) is 0 Å². The zero-order valence-corrected chi connectivity index (χ0v) is 12.6. The van der Waals surface area contributed by atoms with E-state index >= 15 is 0 Å². The first-order valence-electron chi connectivity index (χ1n) is 7.49. The van der Waals surface area contributed by atoms with E-state index in [1.54, 1.807) is 18.2 Å². The van der Waals surface area contributed by atoms with Crippen LogP contribution in [0.15, 0.2) is 33.5 Å². The van der Waals surface area contributed by atoms with Gasteiger partial charge in [0, 0.05) is 6.04 Å². The molecular formula is C16H22N2O3. The maximum Gasteiger partial charge on any atom is 0.420 e. The van der Waals surface area contributed by atoms with E-state index in [1.165, 1.54) is 11.0 Å². The van der Waals surface area contributed by atoms with E-state index in [9.17, 15) is 9.59 Å². The number of oxazole rings is 1. The van der Waals surface area contributed by atoms with Crippen LogP contribution in [0.3, 0.4) is 0 Å². The van der Waals surface area contributed by atoms with Crippen molar-refractivity contribution in [1.82, 2.24) is 9.88 Å². The van der Waals surface area contributed by atoms with Gasteiger partial charge in [0.1, 0.15) is 6.54 Å². The number of rotatable bonds is 7. The molecule has 5 heteroatoms. The number of unbranched alkanes of at least 4 members (excludes halogenated alkanes) is 2. The van der Waals surface area contributed by atoms with Crippen LogP contribution in [0.4, 0.5) is 0 Å². The van der Waals surface area contributed by atoms with Crippen LogP contribution in [-0.2, 0) is 11.3 Å². The lowest BCUT2D eigenvalue weighted by molar-refractivity contribution is -0.122. The molecule has 0 saturated heterocycles. The maximum absolute atomic E-state index is 12.0. The molecule has 21 heavy (non-hydrogen) atoms. The van der Waals surface area contributed by atoms with Crippen molar-refractivity contribution in [2.45, 2.75) is 52.1 Å². The van der Waals surface area contributed by atoms with Gasteiger partial charge in [-0.1, -0.05) is 38.3 Å². The van der Waals surface area contributed by atoms with Crippen molar-refractivity contribution < 1.29 is 9.21 Å². The molecule has 114 valence electrons. The van der Waals surface area contributed by atoms with E-state index in [2.05, 4.69) is 12.2 Å². The lowest BCUT2D eigenvalue weighted by atomic mass is 10.1.